The molecule has 0 spiro atoms. The van der Waals surface area contributed by atoms with Gasteiger partial charge in [-0.05, 0) is 19.9 Å². The van der Waals surface area contributed by atoms with E-state index in [0.717, 1.165) is 5.56 Å². The summed E-state index contributed by atoms with van der Waals surface area (Å²) < 4.78 is 8.58. The maximum atomic E-state index is 9.80. The van der Waals surface area contributed by atoms with Gasteiger partial charge in [-0.2, -0.15) is 0 Å². The maximum Gasteiger partial charge on any atom is 0.508 e. The number of benzene rings is 1. The van der Waals surface area contributed by atoms with Gasteiger partial charge in [0.2, 0.25) is 0 Å². The molecule has 0 aliphatic carbocycles. The monoisotopic (exact) mass is 236 g/mol. The van der Waals surface area contributed by atoms with E-state index < -0.39 is 6.16 Å². The zero-order chi connectivity index (χ0) is 12.7. The number of phenolic OH excluding ortho intramolecular Hbond substituents is 1. The van der Waals surface area contributed by atoms with E-state index in [1.54, 1.807) is 6.07 Å². The highest BCUT2D eigenvalue weighted by Gasteiger charge is 2.09. The Morgan fingerprint density at radius 1 is 1.24 bits per heavy atom. The van der Waals surface area contributed by atoms with Gasteiger partial charge in [-0.1, -0.05) is 29.8 Å². The summed E-state index contributed by atoms with van der Waals surface area (Å²) in [5.74, 6) is 0.341. The van der Waals surface area contributed by atoms with Gasteiger partial charge in [0.05, 0.1) is 0 Å². The molecule has 1 aromatic rings. The zero-order valence-electron chi connectivity index (χ0n) is 9.97. The number of aromatic hydroxyl groups is 1. The standard InChI is InChI=1S/C10H12O.C3H4O3/c1-8(2)7-9-5-3-4-6-10(9)11;4-3-5-1-2-6-3/h3-7,11H,1-2H3;1-2H2. The van der Waals surface area contributed by atoms with E-state index >= 15 is 0 Å². The Balaban J connectivity index is 0.000000202. The van der Waals surface area contributed by atoms with Crippen molar-refractivity contribution in [3.8, 4) is 5.75 Å². The SMILES string of the molecule is CC(C)=Cc1ccccc1O.O=C1OCCO1. The van der Waals surface area contributed by atoms with Crippen molar-refractivity contribution in [1.82, 2.24) is 0 Å². The molecule has 1 N–H and O–H groups in total. The Morgan fingerprint density at radius 3 is 2.24 bits per heavy atom. The van der Waals surface area contributed by atoms with Crippen LogP contribution in [0.2, 0.25) is 0 Å². The molecule has 0 unspecified atom stereocenters. The van der Waals surface area contributed by atoms with Crippen molar-refractivity contribution in [1.29, 1.82) is 0 Å². The summed E-state index contributed by atoms with van der Waals surface area (Å²) in [6.07, 6.45) is 1.41. The summed E-state index contributed by atoms with van der Waals surface area (Å²) in [7, 11) is 0. The number of allylic oxidation sites excluding steroid dienone is 1. The van der Waals surface area contributed by atoms with Crippen molar-refractivity contribution >= 4 is 12.2 Å². The number of hydrogen-bond donors (Lipinski definition) is 1. The predicted octanol–water partition coefficient (Wildman–Crippen LogP) is 2.97. The van der Waals surface area contributed by atoms with Crippen LogP contribution in [0.5, 0.6) is 5.75 Å². The Morgan fingerprint density at radius 2 is 1.82 bits per heavy atom. The first kappa shape index (κ1) is 13.1. The molecular formula is C13H16O4. The van der Waals surface area contributed by atoms with Crippen LogP contribution in [0.25, 0.3) is 6.08 Å². The summed E-state index contributed by atoms with van der Waals surface area (Å²) >= 11 is 0. The van der Waals surface area contributed by atoms with Crippen LogP contribution in [0.4, 0.5) is 4.79 Å². The number of carbonyl (C=O) groups excluding carboxylic acids is 1. The van der Waals surface area contributed by atoms with Crippen LogP contribution < -0.4 is 0 Å². The average Bonchev–Trinajstić information content (AvgIpc) is 2.73. The number of para-hydroxylation sites is 1. The lowest BCUT2D eigenvalue weighted by atomic mass is 10.1. The quantitative estimate of drug-likeness (QED) is 0.761. The molecule has 0 aromatic heterocycles. The molecule has 1 aromatic carbocycles. The minimum Gasteiger partial charge on any atom is -0.507 e. The van der Waals surface area contributed by atoms with Crippen molar-refractivity contribution in [2.75, 3.05) is 13.2 Å². The summed E-state index contributed by atoms with van der Waals surface area (Å²) in [5.41, 5.74) is 2.07. The van der Waals surface area contributed by atoms with E-state index in [4.69, 9.17) is 0 Å². The van der Waals surface area contributed by atoms with E-state index in [9.17, 15) is 9.90 Å². The number of phenols is 1. The second-order valence-electron chi connectivity index (χ2n) is 3.73. The highest BCUT2D eigenvalue weighted by molar-refractivity contribution is 5.61. The minimum absolute atomic E-state index is 0.341. The molecule has 0 atom stereocenters. The number of hydrogen-bond acceptors (Lipinski definition) is 4. The first-order chi connectivity index (χ1) is 8.09. The molecule has 1 saturated heterocycles. The van der Waals surface area contributed by atoms with Gasteiger partial charge in [-0.15, -0.1) is 0 Å². The van der Waals surface area contributed by atoms with Crippen molar-refractivity contribution in [3.63, 3.8) is 0 Å². The van der Waals surface area contributed by atoms with Crippen molar-refractivity contribution in [2.24, 2.45) is 0 Å². The maximum absolute atomic E-state index is 9.80. The molecule has 0 saturated carbocycles. The topological polar surface area (TPSA) is 55.8 Å². The van der Waals surface area contributed by atoms with Gasteiger partial charge in [-0.3, -0.25) is 0 Å². The third kappa shape index (κ3) is 5.06. The lowest BCUT2D eigenvalue weighted by Gasteiger charge is -1.97. The summed E-state index contributed by atoms with van der Waals surface area (Å²) in [6.45, 7) is 4.84. The molecule has 1 aliphatic rings. The molecule has 1 fully saturated rings. The highest BCUT2D eigenvalue weighted by atomic mass is 16.8. The zero-order valence-corrected chi connectivity index (χ0v) is 9.97. The summed E-state index contributed by atoms with van der Waals surface area (Å²) in [4.78, 5) is 9.80. The third-order valence-corrected chi connectivity index (χ3v) is 1.90. The molecule has 17 heavy (non-hydrogen) atoms. The molecule has 0 radical (unpaired) electrons. The lowest BCUT2D eigenvalue weighted by molar-refractivity contribution is 0.131. The molecule has 0 amide bonds. The first-order valence-electron chi connectivity index (χ1n) is 5.32. The van der Waals surface area contributed by atoms with E-state index in [0.29, 0.717) is 19.0 Å². The molecular weight excluding hydrogens is 220 g/mol. The number of rotatable bonds is 1. The van der Waals surface area contributed by atoms with E-state index in [-0.39, 0.29) is 0 Å². The van der Waals surface area contributed by atoms with Gasteiger partial charge >= 0.3 is 6.16 Å². The second kappa shape index (κ2) is 6.58. The molecule has 4 nitrogen and oxygen atoms in total. The predicted molar refractivity (Wildman–Crippen MR) is 64.7 cm³/mol. The fraction of sp³-hybridized carbons (Fsp3) is 0.308. The normalized spacial score (nSPS) is 12.9. The highest BCUT2D eigenvalue weighted by Crippen LogP contribution is 2.18. The number of ether oxygens (including phenoxy) is 2. The van der Waals surface area contributed by atoms with Gasteiger partial charge in [-0.25, -0.2) is 4.79 Å². The number of carbonyl (C=O) groups is 1. The first-order valence-corrected chi connectivity index (χ1v) is 5.32. The average molecular weight is 236 g/mol. The smallest absolute Gasteiger partial charge is 0.507 e. The van der Waals surface area contributed by atoms with Crippen molar-refractivity contribution in [2.45, 2.75) is 13.8 Å². The largest absolute Gasteiger partial charge is 0.508 e. The van der Waals surface area contributed by atoms with Gasteiger partial charge in [0, 0.05) is 5.56 Å². The van der Waals surface area contributed by atoms with Crippen LogP contribution >= 0.6 is 0 Å². The van der Waals surface area contributed by atoms with E-state index in [1.807, 2.05) is 38.1 Å². The van der Waals surface area contributed by atoms with E-state index in [2.05, 4.69) is 9.47 Å². The van der Waals surface area contributed by atoms with Gasteiger partial charge in [0.25, 0.3) is 0 Å². The van der Waals surface area contributed by atoms with Crippen molar-refractivity contribution < 1.29 is 19.4 Å². The Bertz CT molecular complexity index is 398. The van der Waals surface area contributed by atoms with Crippen LogP contribution in [0.3, 0.4) is 0 Å². The molecule has 1 heterocycles. The van der Waals surface area contributed by atoms with Crippen LogP contribution in [-0.2, 0) is 9.47 Å². The van der Waals surface area contributed by atoms with Gasteiger partial charge in [0.15, 0.2) is 0 Å². The Kier molecular flexibility index (Phi) is 5.07. The fourth-order valence-electron chi connectivity index (χ4n) is 1.21. The Hall–Kier alpha value is -1.97. The molecule has 92 valence electrons. The molecule has 2 rings (SSSR count). The third-order valence-electron chi connectivity index (χ3n) is 1.90. The van der Waals surface area contributed by atoms with Crippen LogP contribution in [0.1, 0.15) is 19.4 Å². The van der Waals surface area contributed by atoms with Crippen LogP contribution in [-0.4, -0.2) is 24.5 Å². The van der Waals surface area contributed by atoms with Gasteiger partial charge < -0.3 is 14.6 Å². The minimum atomic E-state index is -0.546. The second-order valence-corrected chi connectivity index (χ2v) is 3.73. The van der Waals surface area contributed by atoms with Crippen LogP contribution in [0.15, 0.2) is 29.8 Å². The molecule has 0 bridgehead atoms. The molecule has 4 heteroatoms. The van der Waals surface area contributed by atoms with Crippen LogP contribution in [0, 0.1) is 0 Å². The fourth-order valence-corrected chi connectivity index (χ4v) is 1.21. The van der Waals surface area contributed by atoms with E-state index in [1.165, 1.54) is 5.57 Å². The van der Waals surface area contributed by atoms with Gasteiger partial charge in [0.1, 0.15) is 19.0 Å². The summed E-state index contributed by atoms with van der Waals surface area (Å²) in [6, 6.07) is 7.31. The number of cyclic esters (lactones) is 2. The van der Waals surface area contributed by atoms with Crippen molar-refractivity contribution in [3.05, 3.63) is 35.4 Å². The lowest BCUT2D eigenvalue weighted by Crippen LogP contribution is -1.88. The summed E-state index contributed by atoms with van der Waals surface area (Å²) in [5, 5.41) is 9.31. The Labute approximate surface area is 100 Å². The molecule has 1 aliphatic heterocycles.